The summed E-state index contributed by atoms with van der Waals surface area (Å²) >= 11 is 1.16. The van der Waals surface area contributed by atoms with Crippen LogP contribution in [0.1, 0.15) is 15.4 Å². The van der Waals surface area contributed by atoms with Crippen LogP contribution in [-0.2, 0) is 4.74 Å². The largest absolute Gasteiger partial charge is 0.394 e. The Hall–Kier alpha value is -1.18. The summed E-state index contributed by atoms with van der Waals surface area (Å²) in [6.45, 7) is 2.78. The van der Waals surface area contributed by atoms with E-state index in [2.05, 4.69) is 10.3 Å². The summed E-state index contributed by atoms with van der Waals surface area (Å²) in [6.07, 6.45) is 0. The zero-order chi connectivity index (χ0) is 12.0. The van der Waals surface area contributed by atoms with Crippen LogP contribution in [0.2, 0.25) is 0 Å². The van der Waals surface area contributed by atoms with E-state index < -0.39 is 0 Å². The summed E-state index contributed by atoms with van der Waals surface area (Å²) in [7, 11) is 0. The van der Waals surface area contributed by atoms with Gasteiger partial charge < -0.3 is 20.9 Å². The van der Waals surface area contributed by atoms with Crippen LogP contribution >= 0.6 is 11.3 Å². The molecule has 0 spiro atoms. The van der Waals surface area contributed by atoms with Crippen molar-refractivity contribution in [2.24, 2.45) is 0 Å². The lowest BCUT2D eigenvalue weighted by Gasteiger charge is -2.04. The molecule has 0 aromatic carbocycles. The Kier molecular flexibility index (Phi) is 5.17. The Labute approximate surface area is 97.4 Å². The minimum absolute atomic E-state index is 0.0154. The van der Waals surface area contributed by atoms with Crippen molar-refractivity contribution in [2.75, 3.05) is 32.1 Å². The van der Waals surface area contributed by atoms with Gasteiger partial charge in [0.2, 0.25) is 0 Å². The molecule has 0 bridgehead atoms. The maximum atomic E-state index is 11.6. The van der Waals surface area contributed by atoms with E-state index in [1.807, 2.05) is 0 Å². The van der Waals surface area contributed by atoms with E-state index in [9.17, 15) is 4.79 Å². The molecule has 7 heteroatoms. The molecule has 0 radical (unpaired) electrons. The van der Waals surface area contributed by atoms with E-state index in [1.54, 1.807) is 6.92 Å². The number of aliphatic hydroxyl groups excluding tert-OH is 1. The summed E-state index contributed by atoms with van der Waals surface area (Å²) in [4.78, 5) is 16.1. The molecule has 0 saturated carbocycles. The van der Waals surface area contributed by atoms with Gasteiger partial charge in [-0.25, -0.2) is 4.98 Å². The van der Waals surface area contributed by atoms with Gasteiger partial charge in [-0.2, -0.15) is 0 Å². The molecule has 6 nitrogen and oxygen atoms in total. The van der Waals surface area contributed by atoms with Crippen molar-refractivity contribution < 1.29 is 14.6 Å². The monoisotopic (exact) mass is 245 g/mol. The predicted octanol–water partition coefficient (Wildman–Crippen LogP) is -0.228. The molecule has 1 heterocycles. The molecule has 1 aromatic heterocycles. The Morgan fingerprint density at radius 2 is 2.38 bits per heavy atom. The highest BCUT2D eigenvalue weighted by Crippen LogP contribution is 2.18. The van der Waals surface area contributed by atoms with Crippen LogP contribution in [-0.4, -0.2) is 42.4 Å². The third kappa shape index (κ3) is 3.76. The van der Waals surface area contributed by atoms with Gasteiger partial charge in [0, 0.05) is 6.54 Å². The fourth-order valence-electron chi connectivity index (χ4n) is 1.11. The van der Waals surface area contributed by atoms with Crippen molar-refractivity contribution in [3.05, 3.63) is 10.6 Å². The number of aryl methyl sites for hydroxylation is 1. The van der Waals surface area contributed by atoms with E-state index in [0.29, 0.717) is 28.9 Å². The quantitative estimate of drug-likeness (QED) is 0.602. The highest BCUT2D eigenvalue weighted by Gasteiger charge is 2.13. The minimum atomic E-state index is -0.195. The minimum Gasteiger partial charge on any atom is -0.394 e. The highest BCUT2D eigenvalue weighted by molar-refractivity contribution is 7.17. The molecule has 1 rings (SSSR count). The summed E-state index contributed by atoms with van der Waals surface area (Å²) in [6, 6.07) is 0. The molecule has 0 saturated heterocycles. The number of nitrogen functional groups attached to an aromatic ring is 1. The second-order valence-electron chi connectivity index (χ2n) is 3.06. The molecule has 1 aromatic rings. The number of hydrogen-bond acceptors (Lipinski definition) is 6. The predicted molar refractivity (Wildman–Crippen MR) is 61.5 cm³/mol. The number of nitrogens with two attached hydrogens (primary N) is 1. The number of carbonyl (C=O) groups excluding carboxylic acids is 1. The Balaban J connectivity index is 2.33. The van der Waals surface area contributed by atoms with Crippen molar-refractivity contribution in [1.29, 1.82) is 0 Å². The van der Waals surface area contributed by atoms with Gasteiger partial charge in [0.1, 0.15) is 4.88 Å². The average Bonchev–Trinajstić information content (AvgIpc) is 2.57. The first-order chi connectivity index (χ1) is 7.65. The van der Waals surface area contributed by atoms with E-state index in [4.69, 9.17) is 15.6 Å². The van der Waals surface area contributed by atoms with Gasteiger partial charge in [-0.15, -0.1) is 0 Å². The first-order valence-corrected chi connectivity index (χ1v) is 5.66. The molecular weight excluding hydrogens is 230 g/mol. The van der Waals surface area contributed by atoms with E-state index >= 15 is 0 Å². The maximum Gasteiger partial charge on any atom is 0.263 e. The number of aromatic nitrogens is 1. The van der Waals surface area contributed by atoms with Gasteiger partial charge in [-0.05, 0) is 6.92 Å². The fraction of sp³-hybridized carbons (Fsp3) is 0.556. The van der Waals surface area contributed by atoms with Gasteiger partial charge in [-0.1, -0.05) is 11.3 Å². The second-order valence-corrected chi connectivity index (χ2v) is 4.09. The molecule has 0 atom stereocenters. The molecule has 0 fully saturated rings. The van der Waals surface area contributed by atoms with Crippen LogP contribution in [0.25, 0.3) is 0 Å². The summed E-state index contributed by atoms with van der Waals surface area (Å²) in [5, 5.41) is 11.5. The van der Waals surface area contributed by atoms with Gasteiger partial charge in [-0.3, -0.25) is 4.79 Å². The van der Waals surface area contributed by atoms with Crippen molar-refractivity contribution >= 4 is 22.4 Å². The molecule has 0 unspecified atom stereocenters. The standard InChI is InChI=1S/C9H15N3O3S/c1-6-7(16-9(10)12-6)8(14)11-2-4-15-5-3-13/h13H,2-5H2,1H3,(H2,10,12)(H,11,14). The molecular formula is C9H15N3O3S. The maximum absolute atomic E-state index is 11.6. The topological polar surface area (TPSA) is 97.5 Å². The Morgan fingerprint density at radius 3 is 2.94 bits per heavy atom. The molecule has 0 aliphatic heterocycles. The van der Waals surface area contributed by atoms with Crippen LogP contribution in [0.4, 0.5) is 5.13 Å². The molecule has 90 valence electrons. The first kappa shape index (κ1) is 12.9. The van der Waals surface area contributed by atoms with Crippen LogP contribution in [0, 0.1) is 6.92 Å². The van der Waals surface area contributed by atoms with Crippen LogP contribution < -0.4 is 11.1 Å². The lowest BCUT2D eigenvalue weighted by Crippen LogP contribution is -2.27. The zero-order valence-corrected chi connectivity index (χ0v) is 9.84. The number of thiazole rings is 1. The fourth-order valence-corrected chi connectivity index (χ4v) is 1.86. The molecule has 1 amide bonds. The van der Waals surface area contributed by atoms with Crippen molar-refractivity contribution in [1.82, 2.24) is 10.3 Å². The average molecular weight is 245 g/mol. The number of rotatable bonds is 6. The number of aliphatic hydroxyl groups is 1. The number of nitrogens with zero attached hydrogens (tertiary/aromatic N) is 1. The summed E-state index contributed by atoms with van der Waals surface area (Å²) in [5.41, 5.74) is 6.12. The number of amides is 1. The van der Waals surface area contributed by atoms with Crippen LogP contribution in [0.15, 0.2) is 0 Å². The molecule has 0 aliphatic rings. The number of hydrogen-bond donors (Lipinski definition) is 3. The van der Waals surface area contributed by atoms with Gasteiger partial charge >= 0.3 is 0 Å². The third-order valence-corrected chi connectivity index (χ3v) is 2.77. The first-order valence-electron chi connectivity index (χ1n) is 4.85. The van der Waals surface area contributed by atoms with Gasteiger partial charge in [0.25, 0.3) is 5.91 Å². The molecule has 0 aliphatic carbocycles. The normalized spacial score (nSPS) is 10.4. The van der Waals surface area contributed by atoms with Crippen LogP contribution in [0.3, 0.4) is 0 Å². The highest BCUT2D eigenvalue weighted by atomic mass is 32.1. The summed E-state index contributed by atoms with van der Waals surface area (Å²) in [5.74, 6) is -0.195. The summed E-state index contributed by atoms with van der Waals surface area (Å²) < 4.78 is 5.00. The molecule has 4 N–H and O–H groups in total. The van der Waals surface area contributed by atoms with Gasteiger partial charge in [0.05, 0.1) is 25.5 Å². The second kappa shape index (κ2) is 6.41. The number of carbonyl (C=O) groups is 1. The smallest absolute Gasteiger partial charge is 0.263 e. The Bertz CT molecular complexity index is 354. The van der Waals surface area contributed by atoms with E-state index in [0.717, 1.165) is 11.3 Å². The lowest BCUT2D eigenvalue weighted by molar-refractivity contribution is 0.0840. The van der Waals surface area contributed by atoms with Crippen molar-refractivity contribution in [3.63, 3.8) is 0 Å². The third-order valence-electron chi connectivity index (χ3n) is 1.79. The number of ether oxygens (including phenoxy) is 1. The SMILES string of the molecule is Cc1nc(N)sc1C(=O)NCCOCCO. The van der Waals surface area contributed by atoms with Crippen molar-refractivity contribution in [2.45, 2.75) is 6.92 Å². The Morgan fingerprint density at radius 1 is 1.62 bits per heavy atom. The molecule has 16 heavy (non-hydrogen) atoms. The van der Waals surface area contributed by atoms with Crippen molar-refractivity contribution in [3.8, 4) is 0 Å². The van der Waals surface area contributed by atoms with Crippen LogP contribution in [0.5, 0.6) is 0 Å². The van der Waals surface area contributed by atoms with Gasteiger partial charge in [0.15, 0.2) is 5.13 Å². The van der Waals surface area contributed by atoms with E-state index in [-0.39, 0.29) is 19.1 Å². The lowest BCUT2D eigenvalue weighted by atomic mass is 10.4. The van der Waals surface area contributed by atoms with E-state index in [1.165, 1.54) is 0 Å². The zero-order valence-electron chi connectivity index (χ0n) is 9.02. The number of anilines is 1. The number of nitrogens with one attached hydrogen (secondary N) is 1.